The van der Waals surface area contributed by atoms with Crippen LogP contribution in [-0.2, 0) is 4.57 Å². The van der Waals surface area contributed by atoms with Gasteiger partial charge in [-0.05, 0) is 0 Å². The Morgan fingerprint density at radius 3 is 0.800 bits per heavy atom. The summed E-state index contributed by atoms with van der Waals surface area (Å²) in [5.74, 6) is 0. The van der Waals surface area contributed by atoms with Crippen molar-refractivity contribution in [2.75, 3.05) is 0 Å². The molecule has 4 heteroatoms. The first kappa shape index (κ1) is 31.0. The van der Waals surface area contributed by atoms with Crippen LogP contribution >= 0.6 is 33.9 Å². The van der Waals surface area contributed by atoms with Gasteiger partial charge in [-0.1, -0.05) is 45.1 Å². The lowest BCUT2D eigenvalue weighted by Crippen LogP contribution is -1.27. The van der Waals surface area contributed by atoms with Gasteiger partial charge >= 0.3 is 9.12 Å². The molecule has 1 atom stereocenters. The molecule has 0 amide bonds. The van der Waals surface area contributed by atoms with E-state index >= 15 is 0 Å². The number of rotatable bonds is 0. The maximum absolute atomic E-state index is 8.17. The fourth-order valence-electron chi connectivity index (χ4n) is 0. The van der Waals surface area contributed by atoms with Gasteiger partial charge in [-0.15, -0.1) is 24.8 Å². The Morgan fingerprint density at radius 1 is 0.800 bits per heavy atom. The Bertz CT molecular complexity index is 23.2. The molecule has 0 aliphatic rings. The van der Waals surface area contributed by atoms with Crippen LogP contribution in [0.3, 0.4) is 0 Å². The molecule has 0 aromatic rings. The van der Waals surface area contributed by atoms with Crippen molar-refractivity contribution in [3.8, 4) is 0 Å². The minimum absolute atomic E-state index is 0. The molecule has 1 nitrogen and oxygen atoms in total. The molecule has 10 heavy (non-hydrogen) atoms. The quantitative estimate of drug-likeness (QED) is 0.554. The van der Waals surface area contributed by atoms with E-state index in [1.165, 1.54) is 22.0 Å². The van der Waals surface area contributed by atoms with Crippen LogP contribution < -0.4 is 0 Å². The molecule has 68 valence electrons. The first-order valence-corrected chi connectivity index (χ1v) is 3.54. The molecule has 0 N–H and O–H groups in total. The van der Waals surface area contributed by atoms with Crippen molar-refractivity contribution < 1.29 is 4.57 Å². The molecule has 0 aliphatic carbocycles. The fraction of sp³-hybridized carbons (Fsp3) is 1.00. The summed E-state index contributed by atoms with van der Waals surface area (Å²) in [7, 11) is 1.17. The summed E-state index contributed by atoms with van der Waals surface area (Å²) in [5, 5.41) is 0. The van der Waals surface area contributed by atoms with Crippen LogP contribution in [0.4, 0.5) is 0 Å². The highest BCUT2D eigenvalue weighted by atomic mass is 35.5. The third-order valence-electron chi connectivity index (χ3n) is 0. The Balaban J connectivity index is -0.0000000116. The Labute approximate surface area is 79.4 Å². The van der Waals surface area contributed by atoms with Gasteiger partial charge in [-0.2, -0.15) is 0 Å². The highest BCUT2D eigenvalue weighted by Gasteiger charge is 1.36. The lowest BCUT2D eigenvalue weighted by molar-refractivity contribution is 0.607. The molecule has 0 bridgehead atoms. The third kappa shape index (κ3) is 1110. The van der Waals surface area contributed by atoms with Crippen LogP contribution in [-0.4, -0.2) is 0 Å². The zero-order chi connectivity index (χ0) is 7.41. The molecule has 0 spiro atoms. The van der Waals surface area contributed by atoms with Crippen molar-refractivity contribution in [2.24, 2.45) is 0 Å². The topological polar surface area (TPSA) is 17.1 Å². The van der Waals surface area contributed by atoms with E-state index in [2.05, 4.69) is 27.7 Å². The largest absolute Gasteiger partial charge is 0.310 e. The Morgan fingerprint density at radius 2 is 0.800 bits per heavy atom. The van der Waals surface area contributed by atoms with E-state index in [9.17, 15) is 0 Å². The van der Waals surface area contributed by atoms with E-state index in [0.29, 0.717) is 0 Å². The predicted molar refractivity (Wildman–Crippen MR) is 56.8 cm³/mol. The van der Waals surface area contributed by atoms with Gasteiger partial charge in [-0.25, -0.2) is 0 Å². The highest BCUT2D eigenvalue weighted by molar-refractivity contribution is 7.00. The summed E-state index contributed by atoms with van der Waals surface area (Å²) in [6, 6.07) is 0. The van der Waals surface area contributed by atoms with E-state index in [4.69, 9.17) is 4.57 Å². The summed E-state index contributed by atoms with van der Waals surface area (Å²) < 4.78 is 8.17. The Kier molecular flexibility index (Phi) is 315. The van der Waals surface area contributed by atoms with Gasteiger partial charge in [0.05, 0.1) is 0 Å². The SMILES string of the molecule is CCC.CCC.Cl.Cl.O=[PH2+]. The van der Waals surface area contributed by atoms with Gasteiger partial charge in [0.15, 0.2) is 0 Å². The molecular formula is C6H20Cl2OP+. The number of halogens is 2. The van der Waals surface area contributed by atoms with Crippen molar-refractivity contribution in [1.82, 2.24) is 0 Å². The summed E-state index contributed by atoms with van der Waals surface area (Å²) in [6.45, 7) is 8.50. The second kappa shape index (κ2) is 102. The maximum atomic E-state index is 8.17. The van der Waals surface area contributed by atoms with Crippen LogP contribution in [0.1, 0.15) is 40.5 Å². The van der Waals surface area contributed by atoms with Crippen LogP contribution in [0.5, 0.6) is 0 Å². The summed E-state index contributed by atoms with van der Waals surface area (Å²) in [6.07, 6.45) is 2.50. The molecule has 0 aliphatic heterocycles. The average Bonchev–Trinajstić information content (AvgIpc) is 1.75. The molecule has 0 aromatic carbocycles. The van der Waals surface area contributed by atoms with Crippen LogP contribution in [0.15, 0.2) is 0 Å². The molecule has 0 saturated heterocycles. The van der Waals surface area contributed by atoms with Crippen molar-refractivity contribution in [3.05, 3.63) is 0 Å². The fourth-order valence-corrected chi connectivity index (χ4v) is 0. The van der Waals surface area contributed by atoms with Crippen molar-refractivity contribution >= 4 is 33.9 Å². The monoisotopic (exact) mass is 209 g/mol. The molecule has 0 rings (SSSR count). The van der Waals surface area contributed by atoms with Gasteiger partial charge in [-0.3, -0.25) is 0 Å². The first-order chi connectivity index (χ1) is 3.83. The van der Waals surface area contributed by atoms with Crippen LogP contribution in [0, 0.1) is 0 Å². The third-order valence-corrected chi connectivity index (χ3v) is 0. The van der Waals surface area contributed by atoms with E-state index in [0.717, 1.165) is 0 Å². The van der Waals surface area contributed by atoms with E-state index in [1.807, 2.05) is 0 Å². The van der Waals surface area contributed by atoms with Gasteiger partial charge < -0.3 is 0 Å². The van der Waals surface area contributed by atoms with Gasteiger partial charge in [0.25, 0.3) is 0 Å². The standard InChI is InChI=1S/2C3H8.2ClH.H2OP/c2*1-3-2;;;1-2/h2*3H2,1-2H3;2*1H;2H2/q;;;;+1. The average molecular weight is 210 g/mol. The Hall–Kier alpha value is 0.680. The molecule has 1 unspecified atom stereocenters. The number of hydrogen-bond acceptors (Lipinski definition) is 1. The molecule has 0 fully saturated rings. The highest BCUT2D eigenvalue weighted by Crippen LogP contribution is 1.56. The zero-order valence-electron chi connectivity index (χ0n) is 7.22. The van der Waals surface area contributed by atoms with Crippen molar-refractivity contribution in [1.29, 1.82) is 0 Å². The second-order valence-electron chi connectivity index (χ2n) is 1.41. The lowest BCUT2D eigenvalue weighted by Gasteiger charge is -1.48. The van der Waals surface area contributed by atoms with E-state index in [1.54, 1.807) is 0 Å². The van der Waals surface area contributed by atoms with E-state index < -0.39 is 0 Å². The minimum Gasteiger partial charge on any atom is -0.147 e. The van der Waals surface area contributed by atoms with Gasteiger partial charge in [0, 0.05) is 0 Å². The molecular weight excluding hydrogens is 190 g/mol. The number of hydrogen-bond donors (Lipinski definition) is 0. The summed E-state index contributed by atoms with van der Waals surface area (Å²) >= 11 is 0. The molecule has 0 heterocycles. The van der Waals surface area contributed by atoms with E-state index in [-0.39, 0.29) is 24.8 Å². The summed E-state index contributed by atoms with van der Waals surface area (Å²) in [4.78, 5) is 0. The first-order valence-electron chi connectivity index (χ1n) is 3.06. The zero-order valence-corrected chi connectivity index (χ0v) is 10.0. The summed E-state index contributed by atoms with van der Waals surface area (Å²) in [5.41, 5.74) is 0. The smallest absolute Gasteiger partial charge is 0.147 e. The van der Waals surface area contributed by atoms with Gasteiger partial charge in [0.2, 0.25) is 0 Å². The predicted octanol–water partition coefficient (Wildman–Crippen LogP) is 3.88. The van der Waals surface area contributed by atoms with Crippen LogP contribution in [0.2, 0.25) is 0 Å². The normalized spacial score (nSPS) is 4.00. The van der Waals surface area contributed by atoms with Gasteiger partial charge in [0.1, 0.15) is 0 Å². The molecule has 0 radical (unpaired) electrons. The lowest BCUT2D eigenvalue weighted by atomic mass is 10.6. The van der Waals surface area contributed by atoms with Crippen molar-refractivity contribution in [2.45, 2.75) is 40.5 Å². The second-order valence-corrected chi connectivity index (χ2v) is 1.41. The minimum atomic E-state index is 0. The molecule has 0 aromatic heterocycles. The van der Waals surface area contributed by atoms with Crippen molar-refractivity contribution in [3.63, 3.8) is 0 Å². The maximum Gasteiger partial charge on any atom is 0.310 e. The van der Waals surface area contributed by atoms with Crippen LogP contribution in [0.25, 0.3) is 0 Å². The molecule has 0 saturated carbocycles.